The molecule has 0 atom stereocenters. The normalized spacial score (nSPS) is 15.5. The Hall–Kier alpha value is -3.13. The van der Waals surface area contributed by atoms with Crippen LogP contribution in [-0.2, 0) is 23.8 Å². The molecule has 27 heavy (non-hydrogen) atoms. The molecule has 0 saturated carbocycles. The first-order valence-electron chi connectivity index (χ1n) is 8.46. The molecule has 8 nitrogen and oxygen atoms in total. The highest BCUT2D eigenvalue weighted by Gasteiger charge is 2.36. The van der Waals surface area contributed by atoms with Gasteiger partial charge in [-0.3, -0.25) is 4.79 Å². The zero-order valence-electron chi connectivity index (χ0n) is 15.6. The first-order chi connectivity index (χ1) is 13.1. The molecule has 2 heterocycles. The maximum Gasteiger partial charge on any atom is 0.347 e. The molecule has 1 aromatic rings. The summed E-state index contributed by atoms with van der Waals surface area (Å²) in [6, 6.07) is 0. The van der Waals surface area contributed by atoms with E-state index in [2.05, 4.69) is 22.0 Å². The molecule has 0 aliphatic carbocycles. The molecule has 0 amide bonds. The fraction of sp³-hybridized carbons (Fsp3) is 0.316. The van der Waals surface area contributed by atoms with Crippen LogP contribution in [0.3, 0.4) is 0 Å². The average Bonchev–Trinajstić information content (AvgIpc) is 3.17. The van der Waals surface area contributed by atoms with E-state index in [1.165, 1.54) is 0 Å². The Bertz CT molecular complexity index is 817. The van der Waals surface area contributed by atoms with Crippen LogP contribution in [0, 0.1) is 0 Å². The highest BCUT2D eigenvalue weighted by atomic mass is 16.5. The minimum atomic E-state index is -0.734. The van der Waals surface area contributed by atoms with Crippen LogP contribution < -0.4 is 5.32 Å². The summed E-state index contributed by atoms with van der Waals surface area (Å²) in [5, 5.41) is 2.89. The lowest BCUT2D eigenvalue weighted by Crippen LogP contribution is -2.22. The number of nitrogens with zero attached hydrogens (tertiary/aromatic N) is 1. The van der Waals surface area contributed by atoms with Gasteiger partial charge in [-0.1, -0.05) is 12.2 Å². The number of ketones is 1. The Morgan fingerprint density at radius 1 is 1.48 bits per heavy atom. The average molecular weight is 373 g/mol. The topological polar surface area (TPSA) is 102 Å². The number of allylic oxidation sites excluding steroid dienone is 2. The number of nitrogens with one attached hydrogen (secondary N) is 2. The quantitative estimate of drug-likeness (QED) is 0.226. The summed E-state index contributed by atoms with van der Waals surface area (Å²) in [6.45, 7) is 7.95. The van der Waals surface area contributed by atoms with Gasteiger partial charge in [0, 0.05) is 31.0 Å². The van der Waals surface area contributed by atoms with Gasteiger partial charge >= 0.3 is 5.97 Å². The van der Waals surface area contributed by atoms with Gasteiger partial charge in [-0.25, -0.2) is 9.79 Å². The van der Waals surface area contributed by atoms with Crippen molar-refractivity contribution >= 4 is 36.4 Å². The largest absolute Gasteiger partial charge is 0.462 e. The summed E-state index contributed by atoms with van der Waals surface area (Å²) >= 11 is 0. The Kier molecular flexibility index (Phi) is 7.13. The molecule has 0 fully saturated rings. The van der Waals surface area contributed by atoms with Crippen molar-refractivity contribution in [2.24, 2.45) is 4.99 Å². The fourth-order valence-corrected chi connectivity index (χ4v) is 2.48. The van der Waals surface area contributed by atoms with Crippen molar-refractivity contribution in [3.05, 3.63) is 40.6 Å². The van der Waals surface area contributed by atoms with Crippen LogP contribution in [0.4, 0.5) is 5.82 Å². The number of aromatic amines is 1. The lowest BCUT2D eigenvalue weighted by Gasteiger charge is -2.07. The molecule has 0 radical (unpaired) electrons. The van der Waals surface area contributed by atoms with Gasteiger partial charge in [0.25, 0.3) is 0 Å². The van der Waals surface area contributed by atoms with Crippen LogP contribution in [0.2, 0.25) is 0 Å². The first-order valence-corrected chi connectivity index (χ1v) is 8.46. The molecule has 1 aliphatic rings. The van der Waals surface area contributed by atoms with Crippen molar-refractivity contribution in [1.82, 2.24) is 10.3 Å². The molecule has 0 spiro atoms. The van der Waals surface area contributed by atoms with Crippen LogP contribution in [0.15, 0.2) is 34.5 Å². The second kappa shape index (κ2) is 9.54. The number of carbonyl (C=O) groups is 2. The predicted octanol–water partition coefficient (Wildman–Crippen LogP) is 2.33. The van der Waals surface area contributed by atoms with E-state index in [-0.39, 0.29) is 23.8 Å². The van der Waals surface area contributed by atoms with Crippen LogP contribution in [0.5, 0.6) is 0 Å². The summed E-state index contributed by atoms with van der Waals surface area (Å²) in [7, 11) is 1.55. The second-order valence-electron chi connectivity index (χ2n) is 5.45. The van der Waals surface area contributed by atoms with E-state index < -0.39 is 11.8 Å². The number of Topliss-reactive ketones (excluding diaryl/α,β-unsaturated/α-hetero) is 1. The molecule has 2 N–H and O–H groups in total. The molecule has 1 aromatic heterocycles. The number of aromatic nitrogens is 1. The zero-order chi connectivity index (χ0) is 19.8. The van der Waals surface area contributed by atoms with Crippen LogP contribution >= 0.6 is 0 Å². The summed E-state index contributed by atoms with van der Waals surface area (Å²) < 4.78 is 15.6. The van der Waals surface area contributed by atoms with Crippen molar-refractivity contribution < 1.29 is 23.8 Å². The third-order valence-corrected chi connectivity index (χ3v) is 3.67. The van der Waals surface area contributed by atoms with E-state index in [0.29, 0.717) is 24.5 Å². The maximum absolute atomic E-state index is 12.7. The van der Waals surface area contributed by atoms with Gasteiger partial charge in [0.15, 0.2) is 11.3 Å². The SMILES string of the molecule is C=Nc1[nH]cc(/C=C2\OC(NCCOC)=C(C(=O)OCC)C2=O)c1/C=C\C. The number of esters is 1. The highest BCUT2D eigenvalue weighted by Crippen LogP contribution is 2.30. The number of H-pyrrole nitrogens is 1. The summed E-state index contributed by atoms with van der Waals surface area (Å²) in [5.41, 5.74) is 1.28. The molecule has 0 unspecified atom stereocenters. The van der Waals surface area contributed by atoms with Gasteiger partial charge < -0.3 is 24.5 Å². The zero-order valence-corrected chi connectivity index (χ0v) is 15.6. The molecule has 0 saturated heterocycles. The third kappa shape index (κ3) is 4.53. The van der Waals surface area contributed by atoms with Crippen molar-refractivity contribution in [2.75, 3.05) is 26.9 Å². The number of hydrogen-bond donors (Lipinski definition) is 2. The van der Waals surface area contributed by atoms with Gasteiger partial charge in [-0.15, -0.1) is 0 Å². The van der Waals surface area contributed by atoms with Gasteiger partial charge in [0.2, 0.25) is 11.7 Å². The van der Waals surface area contributed by atoms with Gasteiger partial charge in [-0.05, 0) is 26.6 Å². The van der Waals surface area contributed by atoms with Crippen molar-refractivity contribution in [2.45, 2.75) is 13.8 Å². The van der Waals surface area contributed by atoms with Crippen LogP contribution in [-0.4, -0.2) is 50.3 Å². The number of carbonyl (C=O) groups excluding carboxylic acids is 2. The fourth-order valence-electron chi connectivity index (χ4n) is 2.48. The van der Waals surface area contributed by atoms with E-state index in [1.807, 2.05) is 19.1 Å². The Labute approximate surface area is 157 Å². The highest BCUT2D eigenvalue weighted by molar-refractivity contribution is 6.26. The molecule has 1 aliphatic heterocycles. The molecule has 144 valence electrons. The number of hydrogen-bond acceptors (Lipinski definition) is 7. The van der Waals surface area contributed by atoms with Crippen molar-refractivity contribution in [1.29, 1.82) is 0 Å². The minimum absolute atomic E-state index is 0.0123. The molecule has 2 rings (SSSR count). The molecular weight excluding hydrogens is 350 g/mol. The van der Waals surface area contributed by atoms with E-state index in [1.54, 1.807) is 26.3 Å². The smallest absolute Gasteiger partial charge is 0.347 e. The Balaban J connectivity index is 2.37. The monoisotopic (exact) mass is 373 g/mol. The lowest BCUT2D eigenvalue weighted by atomic mass is 10.1. The van der Waals surface area contributed by atoms with E-state index in [4.69, 9.17) is 14.2 Å². The van der Waals surface area contributed by atoms with E-state index in [9.17, 15) is 9.59 Å². The first kappa shape index (κ1) is 20.2. The number of aliphatic imine (C=N–C) groups is 1. The van der Waals surface area contributed by atoms with Crippen molar-refractivity contribution in [3.8, 4) is 0 Å². The van der Waals surface area contributed by atoms with Gasteiger partial charge in [0.05, 0.1) is 13.2 Å². The van der Waals surface area contributed by atoms with E-state index in [0.717, 1.165) is 5.56 Å². The van der Waals surface area contributed by atoms with Crippen LogP contribution in [0.25, 0.3) is 12.2 Å². The molecule has 0 bridgehead atoms. The minimum Gasteiger partial charge on any atom is -0.462 e. The predicted molar refractivity (Wildman–Crippen MR) is 102 cm³/mol. The second-order valence-corrected chi connectivity index (χ2v) is 5.45. The van der Waals surface area contributed by atoms with Crippen LogP contribution in [0.1, 0.15) is 25.0 Å². The number of ether oxygens (including phenoxy) is 3. The number of methoxy groups -OCH3 is 1. The van der Waals surface area contributed by atoms with Crippen molar-refractivity contribution in [3.63, 3.8) is 0 Å². The third-order valence-electron chi connectivity index (χ3n) is 3.67. The lowest BCUT2D eigenvalue weighted by molar-refractivity contribution is -0.139. The summed E-state index contributed by atoms with van der Waals surface area (Å²) in [5.74, 6) is -0.635. The summed E-state index contributed by atoms with van der Waals surface area (Å²) in [4.78, 5) is 31.8. The maximum atomic E-state index is 12.7. The Morgan fingerprint density at radius 3 is 2.89 bits per heavy atom. The van der Waals surface area contributed by atoms with Gasteiger partial charge in [0.1, 0.15) is 5.82 Å². The molecule has 0 aromatic carbocycles. The standard InChI is InChI=1S/C19H23N3O5/c1-5-7-13-12(11-22-17(13)20-3)10-14-16(23)15(19(24)26-6-2)18(27-14)21-8-9-25-4/h5,7,10-11,21-22H,3,6,8-9H2,1-2,4H3/b7-5-,14-10-. The molecule has 8 heteroatoms. The van der Waals surface area contributed by atoms with Gasteiger partial charge in [-0.2, -0.15) is 0 Å². The van der Waals surface area contributed by atoms with E-state index >= 15 is 0 Å². The molecular formula is C19H23N3O5. The summed E-state index contributed by atoms with van der Waals surface area (Å²) in [6.07, 6.45) is 6.91. The Morgan fingerprint density at radius 2 is 2.26 bits per heavy atom. The number of rotatable bonds is 9.